The lowest BCUT2D eigenvalue weighted by molar-refractivity contribution is -0.119. The standard InChI is InChI=1S/C10H21NO2/c1-5-6-7-8-11-9(2)10(12-3)13-4/h5-6,9-11H,7-8H2,1-4H3/b6-5+. The van der Waals surface area contributed by atoms with Gasteiger partial charge in [0.1, 0.15) is 0 Å². The maximum absolute atomic E-state index is 5.12. The first-order chi connectivity index (χ1) is 6.26. The topological polar surface area (TPSA) is 30.5 Å². The number of ether oxygens (including phenoxy) is 2. The molecule has 0 heterocycles. The fourth-order valence-electron chi connectivity index (χ4n) is 1.16. The summed E-state index contributed by atoms with van der Waals surface area (Å²) in [5, 5.41) is 3.32. The number of hydrogen-bond acceptors (Lipinski definition) is 3. The molecule has 1 N–H and O–H groups in total. The molecular weight excluding hydrogens is 166 g/mol. The molecular formula is C10H21NO2. The third-order valence-corrected chi connectivity index (χ3v) is 1.89. The molecule has 0 aliphatic rings. The van der Waals surface area contributed by atoms with Gasteiger partial charge >= 0.3 is 0 Å². The molecule has 0 saturated carbocycles. The summed E-state index contributed by atoms with van der Waals surface area (Å²) in [7, 11) is 3.30. The highest BCUT2D eigenvalue weighted by Gasteiger charge is 2.13. The van der Waals surface area contributed by atoms with E-state index >= 15 is 0 Å². The third-order valence-electron chi connectivity index (χ3n) is 1.89. The highest BCUT2D eigenvalue weighted by molar-refractivity contribution is 4.78. The summed E-state index contributed by atoms with van der Waals surface area (Å²) in [6.45, 7) is 5.03. The van der Waals surface area contributed by atoms with Crippen LogP contribution < -0.4 is 5.32 Å². The van der Waals surface area contributed by atoms with Gasteiger partial charge in [-0.25, -0.2) is 0 Å². The van der Waals surface area contributed by atoms with Crippen molar-refractivity contribution < 1.29 is 9.47 Å². The van der Waals surface area contributed by atoms with Crippen LogP contribution in [0.1, 0.15) is 20.3 Å². The van der Waals surface area contributed by atoms with Gasteiger partial charge in [-0.15, -0.1) is 0 Å². The minimum Gasteiger partial charge on any atom is -0.354 e. The van der Waals surface area contributed by atoms with E-state index in [1.807, 2.05) is 13.8 Å². The Kier molecular flexibility index (Phi) is 7.99. The Labute approximate surface area is 81.1 Å². The van der Waals surface area contributed by atoms with Crippen molar-refractivity contribution in [3.05, 3.63) is 12.2 Å². The van der Waals surface area contributed by atoms with Gasteiger partial charge in [-0.1, -0.05) is 12.2 Å². The first kappa shape index (κ1) is 12.6. The number of hydrogen-bond donors (Lipinski definition) is 1. The van der Waals surface area contributed by atoms with Crippen molar-refractivity contribution in [1.82, 2.24) is 5.32 Å². The molecule has 13 heavy (non-hydrogen) atoms. The Morgan fingerprint density at radius 1 is 1.31 bits per heavy atom. The summed E-state index contributed by atoms with van der Waals surface area (Å²) in [5.74, 6) is 0. The lowest BCUT2D eigenvalue weighted by Crippen LogP contribution is -2.39. The number of methoxy groups -OCH3 is 2. The van der Waals surface area contributed by atoms with E-state index in [0.29, 0.717) is 0 Å². The highest BCUT2D eigenvalue weighted by Crippen LogP contribution is 1.98. The molecule has 0 rings (SSSR count). The minimum atomic E-state index is -0.161. The van der Waals surface area contributed by atoms with Crippen molar-refractivity contribution in [3.8, 4) is 0 Å². The molecule has 0 bridgehead atoms. The predicted molar refractivity (Wildman–Crippen MR) is 54.7 cm³/mol. The summed E-state index contributed by atoms with van der Waals surface area (Å²) in [4.78, 5) is 0. The second-order valence-corrected chi connectivity index (χ2v) is 2.94. The van der Waals surface area contributed by atoms with Crippen LogP contribution in [0.15, 0.2) is 12.2 Å². The maximum atomic E-state index is 5.12. The van der Waals surface area contributed by atoms with Crippen LogP contribution in [-0.2, 0) is 9.47 Å². The Morgan fingerprint density at radius 2 is 1.92 bits per heavy atom. The molecule has 0 aromatic rings. The molecule has 0 aliphatic carbocycles. The molecule has 0 fully saturated rings. The summed E-state index contributed by atoms with van der Waals surface area (Å²) >= 11 is 0. The van der Waals surface area contributed by atoms with E-state index in [1.165, 1.54) is 0 Å². The number of allylic oxidation sites excluding steroid dienone is 1. The molecule has 0 spiro atoms. The molecule has 0 aromatic heterocycles. The van der Waals surface area contributed by atoms with Crippen molar-refractivity contribution in [2.24, 2.45) is 0 Å². The molecule has 1 unspecified atom stereocenters. The van der Waals surface area contributed by atoms with E-state index < -0.39 is 0 Å². The molecule has 0 aliphatic heterocycles. The summed E-state index contributed by atoms with van der Waals surface area (Å²) in [6, 6.07) is 0.222. The lowest BCUT2D eigenvalue weighted by Gasteiger charge is -2.21. The summed E-state index contributed by atoms with van der Waals surface area (Å²) in [6.07, 6.45) is 5.07. The molecule has 1 atom stereocenters. The zero-order valence-electron chi connectivity index (χ0n) is 9.04. The van der Waals surface area contributed by atoms with Crippen LogP contribution in [-0.4, -0.2) is 33.1 Å². The van der Waals surface area contributed by atoms with E-state index in [2.05, 4.69) is 17.5 Å². The quantitative estimate of drug-likeness (QED) is 0.372. The third kappa shape index (κ3) is 5.80. The van der Waals surface area contributed by atoms with Gasteiger partial charge in [-0.2, -0.15) is 0 Å². The SMILES string of the molecule is C/C=C/CCNC(C)C(OC)OC. The lowest BCUT2D eigenvalue weighted by atomic mass is 10.3. The average Bonchev–Trinajstić information content (AvgIpc) is 2.14. The van der Waals surface area contributed by atoms with Gasteiger partial charge in [0.15, 0.2) is 6.29 Å². The van der Waals surface area contributed by atoms with Crippen molar-refractivity contribution >= 4 is 0 Å². The zero-order valence-corrected chi connectivity index (χ0v) is 9.04. The maximum Gasteiger partial charge on any atom is 0.171 e. The molecule has 78 valence electrons. The largest absolute Gasteiger partial charge is 0.354 e. The molecule has 3 heteroatoms. The van der Waals surface area contributed by atoms with Crippen LogP contribution in [0.2, 0.25) is 0 Å². The minimum absolute atomic E-state index is 0.161. The van der Waals surface area contributed by atoms with Gasteiger partial charge in [0.2, 0.25) is 0 Å². The van der Waals surface area contributed by atoms with Crippen LogP contribution in [0.3, 0.4) is 0 Å². The highest BCUT2D eigenvalue weighted by atomic mass is 16.7. The molecule has 0 aromatic carbocycles. The monoisotopic (exact) mass is 187 g/mol. The first-order valence-corrected chi connectivity index (χ1v) is 4.66. The van der Waals surface area contributed by atoms with Gasteiger partial charge in [0, 0.05) is 14.2 Å². The zero-order chi connectivity index (χ0) is 10.1. The van der Waals surface area contributed by atoms with Gasteiger partial charge < -0.3 is 14.8 Å². The molecule has 0 radical (unpaired) electrons. The van der Waals surface area contributed by atoms with Crippen molar-refractivity contribution in [2.75, 3.05) is 20.8 Å². The smallest absolute Gasteiger partial charge is 0.171 e. The fourth-order valence-corrected chi connectivity index (χ4v) is 1.16. The Balaban J connectivity index is 3.53. The number of nitrogens with one attached hydrogen (secondary N) is 1. The van der Waals surface area contributed by atoms with Gasteiger partial charge in [0.25, 0.3) is 0 Å². The van der Waals surface area contributed by atoms with Gasteiger partial charge in [-0.3, -0.25) is 0 Å². The van der Waals surface area contributed by atoms with E-state index in [-0.39, 0.29) is 12.3 Å². The summed E-state index contributed by atoms with van der Waals surface area (Å²) in [5.41, 5.74) is 0. The fraction of sp³-hybridized carbons (Fsp3) is 0.800. The average molecular weight is 187 g/mol. The van der Waals surface area contributed by atoms with E-state index in [1.54, 1.807) is 14.2 Å². The second kappa shape index (κ2) is 8.23. The second-order valence-electron chi connectivity index (χ2n) is 2.94. The molecule has 0 saturated heterocycles. The van der Waals surface area contributed by atoms with Crippen molar-refractivity contribution in [3.63, 3.8) is 0 Å². The van der Waals surface area contributed by atoms with E-state index in [9.17, 15) is 0 Å². The van der Waals surface area contributed by atoms with Crippen LogP contribution >= 0.6 is 0 Å². The van der Waals surface area contributed by atoms with Crippen LogP contribution in [0.5, 0.6) is 0 Å². The Bertz CT molecular complexity index is 133. The van der Waals surface area contributed by atoms with Crippen molar-refractivity contribution in [1.29, 1.82) is 0 Å². The summed E-state index contributed by atoms with van der Waals surface area (Å²) < 4.78 is 10.2. The van der Waals surface area contributed by atoms with E-state index in [0.717, 1.165) is 13.0 Å². The van der Waals surface area contributed by atoms with Crippen LogP contribution in [0.25, 0.3) is 0 Å². The molecule has 3 nitrogen and oxygen atoms in total. The Morgan fingerprint density at radius 3 is 2.38 bits per heavy atom. The van der Waals surface area contributed by atoms with Crippen LogP contribution in [0, 0.1) is 0 Å². The van der Waals surface area contributed by atoms with E-state index in [4.69, 9.17) is 9.47 Å². The number of rotatable bonds is 7. The van der Waals surface area contributed by atoms with Crippen LogP contribution in [0.4, 0.5) is 0 Å². The predicted octanol–water partition coefficient (Wildman–Crippen LogP) is 1.55. The Hall–Kier alpha value is -0.380. The van der Waals surface area contributed by atoms with Gasteiger partial charge in [-0.05, 0) is 26.8 Å². The molecule has 0 amide bonds. The van der Waals surface area contributed by atoms with Gasteiger partial charge in [0.05, 0.1) is 6.04 Å². The normalized spacial score (nSPS) is 14.2. The van der Waals surface area contributed by atoms with Crippen molar-refractivity contribution in [2.45, 2.75) is 32.6 Å². The first-order valence-electron chi connectivity index (χ1n) is 4.66.